The molecule has 0 spiro atoms. The minimum atomic E-state index is -0.785. The molecule has 4 rings (SSSR count). The number of halogens is 1. The van der Waals surface area contributed by atoms with Crippen LogP contribution in [0.2, 0.25) is 0 Å². The van der Waals surface area contributed by atoms with E-state index in [1.165, 1.54) is 12.8 Å². The molecular formula is C20H24ClNO2. The second kappa shape index (κ2) is 7.66. The van der Waals surface area contributed by atoms with Crippen LogP contribution < -0.4 is 5.32 Å². The van der Waals surface area contributed by atoms with Gasteiger partial charge in [0.05, 0.1) is 6.61 Å². The van der Waals surface area contributed by atoms with Crippen molar-refractivity contribution in [3.05, 3.63) is 71.8 Å². The highest BCUT2D eigenvalue weighted by Crippen LogP contribution is 2.41. The third-order valence-corrected chi connectivity index (χ3v) is 4.87. The number of ether oxygens (including phenoxy) is 2. The number of hydrogen-bond donors (Lipinski definition) is 1. The minimum Gasteiger partial charge on any atom is -0.339 e. The highest BCUT2D eigenvalue weighted by molar-refractivity contribution is 5.85. The average molecular weight is 346 g/mol. The maximum Gasteiger partial charge on any atom is 0.222 e. The van der Waals surface area contributed by atoms with Gasteiger partial charge in [0, 0.05) is 17.2 Å². The van der Waals surface area contributed by atoms with Crippen LogP contribution in [0, 0.1) is 0 Å². The van der Waals surface area contributed by atoms with Crippen molar-refractivity contribution < 1.29 is 9.47 Å². The standard InChI is InChI=1S/C20H23NO2.ClH/c1-3-9-16(10-4-1)20(17-11-5-2-6-12-17)22-15-19(23-20)18-13-7-8-14-21-18;/h1-6,9-12,18-19,21H,7-8,13-15H2;1H/t18?,19-;/m0./s1. The monoisotopic (exact) mass is 345 g/mol. The third kappa shape index (κ3) is 3.22. The van der Waals surface area contributed by atoms with Crippen LogP contribution in [0.5, 0.6) is 0 Å². The van der Waals surface area contributed by atoms with E-state index in [4.69, 9.17) is 9.47 Å². The summed E-state index contributed by atoms with van der Waals surface area (Å²) < 4.78 is 12.9. The van der Waals surface area contributed by atoms with Crippen molar-refractivity contribution in [2.45, 2.75) is 37.2 Å². The molecule has 3 nitrogen and oxygen atoms in total. The lowest BCUT2D eigenvalue weighted by Gasteiger charge is -2.32. The Bertz CT molecular complexity index is 589. The second-order valence-electron chi connectivity index (χ2n) is 6.37. The Morgan fingerprint density at radius 3 is 2.04 bits per heavy atom. The first-order valence-corrected chi connectivity index (χ1v) is 8.55. The Morgan fingerprint density at radius 1 is 0.875 bits per heavy atom. The summed E-state index contributed by atoms with van der Waals surface area (Å²) in [6.45, 7) is 1.70. The summed E-state index contributed by atoms with van der Waals surface area (Å²) in [6, 6.07) is 20.9. The van der Waals surface area contributed by atoms with Crippen molar-refractivity contribution in [1.29, 1.82) is 0 Å². The Labute approximate surface area is 149 Å². The van der Waals surface area contributed by atoms with Gasteiger partial charge in [-0.2, -0.15) is 0 Å². The van der Waals surface area contributed by atoms with Gasteiger partial charge in [-0.15, -0.1) is 12.4 Å². The van der Waals surface area contributed by atoms with Gasteiger partial charge in [-0.05, 0) is 19.4 Å². The van der Waals surface area contributed by atoms with E-state index in [0.29, 0.717) is 12.6 Å². The molecule has 2 saturated heterocycles. The fourth-order valence-electron chi connectivity index (χ4n) is 3.66. The molecule has 0 radical (unpaired) electrons. The second-order valence-corrected chi connectivity index (χ2v) is 6.37. The van der Waals surface area contributed by atoms with Gasteiger partial charge in [-0.25, -0.2) is 0 Å². The fraction of sp³-hybridized carbons (Fsp3) is 0.400. The predicted octanol–water partition coefficient (Wildman–Crippen LogP) is 3.87. The van der Waals surface area contributed by atoms with Crippen LogP contribution in [-0.2, 0) is 15.3 Å². The predicted molar refractivity (Wildman–Crippen MR) is 97.4 cm³/mol. The highest BCUT2D eigenvalue weighted by Gasteiger charge is 2.47. The van der Waals surface area contributed by atoms with Crippen LogP contribution in [0.4, 0.5) is 0 Å². The van der Waals surface area contributed by atoms with Gasteiger partial charge in [-0.3, -0.25) is 0 Å². The third-order valence-electron chi connectivity index (χ3n) is 4.87. The molecule has 4 heteroatoms. The van der Waals surface area contributed by atoms with Gasteiger partial charge in [0.25, 0.3) is 0 Å². The molecule has 2 atom stereocenters. The number of rotatable bonds is 3. The zero-order valence-electron chi connectivity index (χ0n) is 13.7. The molecule has 1 N–H and O–H groups in total. The molecule has 24 heavy (non-hydrogen) atoms. The Kier molecular flexibility index (Phi) is 5.57. The lowest BCUT2D eigenvalue weighted by molar-refractivity contribution is -0.146. The summed E-state index contributed by atoms with van der Waals surface area (Å²) in [5.74, 6) is -0.785. The van der Waals surface area contributed by atoms with Crippen molar-refractivity contribution in [3.63, 3.8) is 0 Å². The van der Waals surface area contributed by atoms with Crippen molar-refractivity contribution in [3.8, 4) is 0 Å². The summed E-state index contributed by atoms with van der Waals surface area (Å²) >= 11 is 0. The number of hydrogen-bond acceptors (Lipinski definition) is 3. The molecule has 2 fully saturated rings. The van der Waals surface area contributed by atoms with E-state index in [1.807, 2.05) is 36.4 Å². The zero-order valence-corrected chi connectivity index (χ0v) is 14.5. The number of piperidine rings is 1. The molecule has 2 aromatic carbocycles. The van der Waals surface area contributed by atoms with Crippen LogP contribution in [-0.4, -0.2) is 25.3 Å². The van der Waals surface area contributed by atoms with Crippen LogP contribution in [0.15, 0.2) is 60.7 Å². The molecule has 0 bridgehead atoms. The largest absolute Gasteiger partial charge is 0.339 e. The molecule has 0 amide bonds. The summed E-state index contributed by atoms with van der Waals surface area (Å²) in [5, 5.41) is 3.60. The SMILES string of the molecule is Cl.c1ccc(C2(c3ccccc3)OC[C@@H](C3CCCCN3)O2)cc1. The maximum absolute atomic E-state index is 6.58. The Morgan fingerprint density at radius 2 is 1.50 bits per heavy atom. The van der Waals surface area contributed by atoms with Crippen molar-refractivity contribution in [2.75, 3.05) is 13.2 Å². The van der Waals surface area contributed by atoms with E-state index in [2.05, 4.69) is 29.6 Å². The molecule has 0 aromatic heterocycles. The van der Waals surface area contributed by atoms with Gasteiger partial charge in [0.15, 0.2) is 0 Å². The first kappa shape index (κ1) is 17.4. The average Bonchev–Trinajstić information content (AvgIpc) is 3.11. The fourth-order valence-corrected chi connectivity index (χ4v) is 3.66. The van der Waals surface area contributed by atoms with Crippen LogP contribution in [0.3, 0.4) is 0 Å². The molecule has 1 unspecified atom stereocenters. The molecule has 0 aliphatic carbocycles. The van der Waals surface area contributed by atoms with E-state index in [1.54, 1.807) is 0 Å². The first-order chi connectivity index (χ1) is 11.4. The molecular weight excluding hydrogens is 322 g/mol. The highest BCUT2D eigenvalue weighted by atomic mass is 35.5. The van der Waals surface area contributed by atoms with E-state index in [9.17, 15) is 0 Å². The summed E-state index contributed by atoms with van der Waals surface area (Å²) in [4.78, 5) is 0. The lowest BCUT2D eigenvalue weighted by Crippen LogP contribution is -2.45. The van der Waals surface area contributed by atoms with Crippen LogP contribution in [0.25, 0.3) is 0 Å². The topological polar surface area (TPSA) is 30.5 Å². The first-order valence-electron chi connectivity index (χ1n) is 8.55. The summed E-state index contributed by atoms with van der Waals surface area (Å²) in [6.07, 6.45) is 3.78. The summed E-state index contributed by atoms with van der Waals surface area (Å²) in [7, 11) is 0. The van der Waals surface area contributed by atoms with Gasteiger partial charge >= 0.3 is 0 Å². The number of nitrogens with one attached hydrogen (secondary N) is 1. The molecule has 0 saturated carbocycles. The van der Waals surface area contributed by atoms with Crippen LogP contribution >= 0.6 is 12.4 Å². The Hall–Kier alpha value is -1.39. The van der Waals surface area contributed by atoms with Crippen molar-refractivity contribution in [2.24, 2.45) is 0 Å². The molecule has 2 heterocycles. The molecule has 2 aliphatic rings. The smallest absolute Gasteiger partial charge is 0.222 e. The lowest BCUT2D eigenvalue weighted by atomic mass is 9.97. The van der Waals surface area contributed by atoms with Gasteiger partial charge in [-0.1, -0.05) is 67.1 Å². The van der Waals surface area contributed by atoms with Crippen molar-refractivity contribution >= 4 is 12.4 Å². The maximum atomic E-state index is 6.58. The number of benzene rings is 2. The van der Waals surface area contributed by atoms with E-state index in [-0.39, 0.29) is 18.5 Å². The van der Waals surface area contributed by atoms with Gasteiger partial charge in [0.1, 0.15) is 6.10 Å². The minimum absolute atomic E-state index is 0. The Balaban J connectivity index is 0.00000169. The van der Waals surface area contributed by atoms with E-state index >= 15 is 0 Å². The summed E-state index contributed by atoms with van der Waals surface area (Å²) in [5.41, 5.74) is 2.12. The molecule has 2 aromatic rings. The van der Waals surface area contributed by atoms with Crippen molar-refractivity contribution in [1.82, 2.24) is 5.32 Å². The van der Waals surface area contributed by atoms with Gasteiger partial charge < -0.3 is 14.8 Å². The molecule has 128 valence electrons. The molecule has 2 aliphatic heterocycles. The van der Waals surface area contributed by atoms with E-state index in [0.717, 1.165) is 24.1 Å². The van der Waals surface area contributed by atoms with Gasteiger partial charge in [0.2, 0.25) is 5.79 Å². The van der Waals surface area contributed by atoms with E-state index < -0.39 is 5.79 Å². The normalized spacial score (nSPS) is 25.8. The van der Waals surface area contributed by atoms with Crippen LogP contribution in [0.1, 0.15) is 30.4 Å². The zero-order chi connectivity index (χ0) is 15.5. The quantitative estimate of drug-likeness (QED) is 0.916.